The van der Waals surface area contributed by atoms with Gasteiger partial charge in [0.2, 0.25) is 0 Å². The molecule has 2 aliphatic heterocycles. The minimum Gasteiger partial charge on any atom is -0.339 e. The zero-order valence-corrected chi connectivity index (χ0v) is 18.8. The van der Waals surface area contributed by atoms with E-state index in [1.54, 1.807) is 17.1 Å². The number of nitrogens with zero attached hydrogens (tertiary/aromatic N) is 4. The van der Waals surface area contributed by atoms with Crippen molar-refractivity contribution in [3.8, 4) is 16.9 Å². The second-order valence-corrected chi connectivity index (χ2v) is 7.96. The standard InChI is InChI=1S/C23H25N5O.2ClH/c29-23(27-11-8-17-13-25-14-18(17)9-12-27)21-16-28(20-6-2-1-3-7-20)26-22(21)19-5-4-10-24-15-19;;/h1-7,10,15-18,25H,8-9,11-14H2;2*1H/t17-,18+;;. The number of fused-ring (bicyclic) bond motifs is 1. The minimum absolute atomic E-state index is 0. The smallest absolute Gasteiger partial charge is 0.257 e. The number of aromatic nitrogens is 3. The number of carbonyl (C=O) groups excluding carboxylic acids is 1. The Hall–Kier alpha value is -2.41. The first-order valence-electron chi connectivity index (χ1n) is 10.3. The van der Waals surface area contributed by atoms with Gasteiger partial charge in [-0.2, -0.15) is 5.10 Å². The molecule has 0 aliphatic carbocycles. The van der Waals surface area contributed by atoms with E-state index in [0.717, 1.165) is 50.3 Å². The van der Waals surface area contributed by atoms with Gasteiger partial charge in [0.15, 0.2) is 0 Å². The van der Waals surface area contributed by atoms with Crippen molar-refractivity contribution in [3.05, 3.63) is 66.6 Å². The van der Waals surface area contributed by atoms with Crippen LogP contribution in [-0.2, 0) is 0 Å². The van der Waals surface area contributed by atoms with Gasteiger partial charge in [-0.15, -0.1) is 24.8 Å². The van der Waals surface area contributed by atoms with E-state index in [9.17, 15) is 4.79 Å². The fourth-order valence-electron chi connectivity index (χ4n) is 4.55. The maximum atomic E-state index is 13.5. The van der Waals surface area contributed by atoms with Crippen LogP contribution in [0.2, 0.25) is 0 Å². The Bertz CT molecular complexity index is 982. The maximum absolute atomic E-state index is 13.5. The van der Waals surface area contributed by atoms with Crippen LogP contribution >= 0.6 is 24.8 Å². The number of nitrogens with one attached hydrogen (secondary N) is 1. The molecule has 3 aromatic rings. The summed E-state index contributed by atoms with van der Waals surface area (Å²) in [7, 11) is 0. The lowest BCUT2D eigenvalue weighted by Gasteiger charge is -2.20. The second-order valence-electron chi connectivity index (χ2n) is 7.96. The summed E-state index contributed by atoms with van der Waals surface area (Å²) in [6.07, 6.45) is 7.51. The number of carbonyl (C=O) groups is 1. The van der Waals surface area contributed by atoms with Crippen molar-refractivity contribution in [1.82, 2.24) is 25.0 Å². The van der Waals surface area contributed by atoms with Crippen LogP contribution in [0.5, 0.6) is 0 Å². The molecule has 1 N–H and O–H groups in total. The van der Waals surface area contributed by atoms with Gasteiger partial charge < -0.3 is 10.2 Å². The Morgan fingerprint density at radius 1 is 0.968 bits per heavy atom. The Kier molecular flexibility index (Phi) is 7.70. The summed E-state index contributed by atoms with van der Waals surface area (Å²) in [6.45, 7) is 3.79. The summed E-state index contributed by atoms with van der Waals surface area (Å²) >= 11 is 0. The van der Waals surface area contributed by atoms with E-state index < -0.39 is 0 Å². The molecule has 164 valence electrons. The molecule has 1 aromatic carbocycles. The molecule has 2 saturated heterocycles. The van der Waals surface area contributed by atoms with Crippen molar-refractivity contribution < 1.29 is 4.79 Å². The summed E-state index contributed by atoms with van der Waals surface area (Å²) < 4.78 is 1.80. The molecule has 2 aliphatic rings. The van der Waals surface area contributed by atoms with Gasteiger partial charge in [-0.3, -0.25) is 9.78 Å². The summed E-state index contributed by atoms with van der Waals surface area (Å²) in [5.41, 5.74) is 3.14. The third kappa shape index (κ3) is 4.76. The van der Waals surface area contributed by atoms with Crippen LogP contribution in [-0.4, -0.2) is 51.8 Å². The van der Waals surface area contributed by atoms with Crippen molar-refractivity contribution in [2.75, 3.05) is 26.2 Å². The Balaban J connectivity index is 0.00000136. The molecule has 1 amide bonds. The fraction of sp³-hybridized carbons (Fsp3) is 0.348. The normalized spacial score (nSPS) is 20.2. The van der Waals surface area contributed by atoms with Crippen LogP contribution in [0.3, 0.4) is 0 Å². The third-order valence-electron chi connectivity index (χ3n) is 6.21. The van der Waals surface area contributed by atoms with Gasteiger partial charge in [0, 0.05) is 37.2 Å². The molecule has 0 bridgehead atoms. The Labute approximate surface area is 194 Å². The molecule has 31 heavy (non-hydrogen) atoms. The lowest BCUT2D eigenvalue weighted by molar-refractivity contribution is 0.0759. The molecule has 6 nitrogen and oxygen atoms in total. The highest BCUT2D eigenvalue weighted by atomic mass is 35.5. The van der Waals surface area contributed by atoms with E-state index in [4.69, 9.17) is 5.10 Å². The molecular weight excluding hydrogens is 433 g/mol. The van der Waals surface area contributed by atoms with Gasteiger partial charge in [0.05, 0.1) is 11.3 Å². The topological polar surface area (TPSA) is 63.1 Å². The van der Waals surface area contributed by atoms with Crippen LogP contribution in [0, 0.1) is 11.8 Å². The number of pyridine rings is 1. The second kappa shape index (κ2) is 10.3. The van der Waals surface area contributed by atoms with Crippen LogP contribution in [0.1, 0.15) is 23.2 Å². The summed E-state index contributed by atoms with van der Waals surface area (Å²) in [4.78, 5) is 19.8. The Morgan fingerprint density at radius 2 is 1.68 bits per heavy atom. The van der Waals surface area contributed by atoms with Crippen molar-refractivity contribution >= 4 is 30.7 Å². The van der Waals surface area contributed by atoms with Gasteiger partial charge >= 0.3 is 0 Å². The molecule has 2 atom stereocenters. The van der Waals surface area contributed by atoms with Gasteiger partial charge in [0.1, 0.15) is 5.69 Å². The quantitative estimate of drug-likeness (QED) is 0.645. The van der Waals surface area contributed by atoms with E-state index in [1.165, 1.54) is 0 Å². The number of amides is 1. The average Bonchev–Trinajstić information content (AvgIpc) is 3.37. The predicted octanol–water partition coefficient (Wildman–Crippen LogP) is 3.85. The first-order valence-corrected chi connectivity index (χ1v) is 10.3. The van der Waals surface area contributed by atoms with E-state index >= 15 is 0 Å². The lowest BCUT2D eigenvalue weighted by atomic mass is 9.92. The first-order chi connectivity index (χ1) is 14.3. The zero-order valence-electron chi connectivity index (χ0n) is 17.2. The number of halogens is 2. The molecule has 0 radical (unpaired) electrons. The molecule has 4 heterocycles. The van der Waals surface area contributed by atoms with Gasteiger partial charge in [-0.1, -0.05) is 18.2 Å². The van der Waals surface area contributed by atoms with Gasteiger partial charge in [0.25, 0.3) is 5.91 Å². The van der Waals surface area contributed by atoms with Crippen molar-refractivity contribution in [2.24, 2.45) is 11.8 Å². The predicted molar refractivity (Wildman–Crippen MR) is 126 cm³/mol. The number of likely N-dealkylation sites (tertiary alicyclic amines) is 1. The minimum atomic E-state index is 0. The number of para-hydroxylation sites is 1. The van der Waals surface area contributed by atoms with Crippen molar-refractivity contribution in [1.29, 1.82) is 0 Å². The summed E-state index contributed by atoms with van der Waals surface area (Å²) in [6, 6.07) is 13.8. The van der Waals surface area contributed by atoms with Gasteiger partial charge in [-0.05, 0) is 62.0 Å². The van der Waals surface area contributed by atoms with Crippen LogP contribution in [0.4, 0.5) is 0 Å². The van der Waals surface area contributed by atoms with E-state index in [-0.39, 0.29) is 30.7 Å². The van der Waals surface area contributed by atoms with E-state index in [1.807, 2.05) is 53.6 Å². The average molecular weight is 460 g/mol. The van der Waals surface area contributed by atoms with Crippen LogP contribution in [0.25, 0.3) is 16.9 Å². The Morgan fingerprint density at radius 3 is 2.32 bits per heavy atom. The molecule has 8 heteroatoms. The molecule has 0 spiro atoms. The van der Waals surface area contributed by atoms with E-state index in [0.29, 0.717) is 23.1 Å². The van der Waals surface area contributed by atoms with E-state index in [2.05, 4.69) is 10.3 Å². The molecule has 0 unspecified atom stereocenters. The largest absolute Gasteiger partial charge is 0.339 e. The summed E-state index contributed by atoms with van der Waals surface area (Å²) in [5, 5.41) is 8.26. The maximum Gasteiger partial charge on any atom is 0.257 e. The number of hydrogen-bond acceptors (Lipinski definition) is 4. The highest BCUT2D eigenvalue weighted by Gasteiger charge is 2.32. The van der Waals surface area contributed by atoms with Crippen molar-refractivity contribution in [3.63, 3.8) is 0 Å². The van der Waals surface area contributed by atoms with Gasteiger partial charge in [-0.25, -0.2) is 4.68 Å². The first kappa shape index (κ1) is 23.3. The number of benzene rings is 1. The molecule has 2 aromatic heterocycles. The highest BCUT2D eigenvalue weighted by molar-refractivity contribution is 6.00. The SMILES string of the molecule is Cl.Cl.O=C(c1cn(-c2ccccc2)nc1-c1cccnc1)N1CC[C@@H]2CNC[C@@H]2CC1. The lowest BCUT2D eigenvalue weighted by Crippen LogP contribution is -2.32. The van der Waals surface area contributed by atoms with Crippen molar-refractivity contribution in [2.45, 2.75) is 12.8 Å². The molecule has 2 fully saturated rings. The molecule has 0 saturated carbocycles. The highest BCUT2D eigenvalue weighted by Crippen LogP contribution is 2.29. The molecular formula is C23H27Cl2N5O. The number of hydrogen-bond donors (Lipinski definition) is 1. The third-order valence-corrected chi connectivity index (χ3v) is 6.21. The zero-order chi connectivity index (χ0) is 19.6. The van der Waals surface area contributed by atoms with Crippen LogP contribution < -0.4 is 5.32 Å². The number of rotatable bonds is 3. The monoisotopic (exact) mass is 459 g/mol. The summed E-state index contributed by atoms with van der Waals surface area (Å²) in [5.74, 6) is 1.45. The fourth-order valence-corrected chi connectivity index (χ4v) is 4.55. The molecule has 5 rings (SSSR count). The van der Waals surface area contributed by atoms with Crippen LogP contribution in [0.15, 0.2) is 61.1 Å².